The van der Waals surface area contributed by atoms with Crippen LogP contribution in [0.3, 0.4) is 0 Å². The van der Waals surface area contributed by atoms with Crippen LogP contribution < -0.4 is 10.6 Å². The van der Waals surface area contributed by atoms with Crippen molar-refractivity contribution >= 4 is 17.2 Å². The van der Waals surface area contributed by atoms with Crippen molar-refractivity contribution in [1.29, 1.82) is 0 Å². The fourth-order valence-corrected chi connectivity index (χ4v) is 3.36. The Morgan fingerprint density at radius 3 is 2.58 bits per heavy atom. The van der Waals surface area contributed by atoms with Crippen molar-refractivity contribution in [2.45, 2.75) is 51.5 Å². The van der Waals surface area contributed by atoms with E-state index in [1.165, 1.54) is 43.4 Å². The topological polar surface area (TPSA) is 41.1 Å². The lowest BCUT2D eigenvalue weighted by atomic mass is 10.1. The standard InChI is InChI=1S/C15H24N2OS/c1-12-8-9-14(19-12)15(18)17-11-10-16-13-6-4-2-3-5-7-13/h8-9,13,16H,2-7,10-11H2,1H3,(H,17,18). The van der Waals surface area contributed by atoms with Crippen molar-refractivity contribution in [1.82, 2.24) is 10.6 Å². The molecule has 0 aromatic carbocycles. The summed E-state index contributed by atoms with van der Waals surface area (Å²) < 4.78 is 0. The van der Waals surface area contributed by atoms with E-state index in [0.29, 0.717) is 12.6 Å². The van der Waals surface area contributed by atoms with Gasteiger partial charge in [-0.05, 0) is 31.9 Å². The van der Waals surface area contributed by atoms with Crippen molar-refractivity contribution < 1.29 is 4.79 Å². The number of amides is 1. The Labute approximate surface area is 119 Å². The van der Waals surface area contributed by atoms with Crippen LogP contribution in [-0.4, -0.2) is 25.0 Å². The molecule has 1 amide bonds. The molecule has 0 atom stereocenters. The summed E-state index contributed by atoms with van der Waals surface area (Å²) in [6.07, 6.45) is 8.03. The van der Waals surface area contributed by atoms with Crippen LogP contribution >= 0.6 is 11.3 Å². The number of carbonyl (C=O) groups is 1. The molecule has 0 unspecified atom stereocenters. The zero-order valence-electron chi connectivity index (χ0n) is 11.7. The number of hydrogen-bond donors (Lipinski definition) is 2. The summed E-state index contributed by atoms with van der Waals surface area (Å²) in [6, 6.07) is 4.54. The number of nitrogens with one attached hydrogen (secondary N) is 2. The lowest BCUT2D eigenvalue weighted by Crippen LogP contribution is -2.36. The molecule has 0 bridgehead atoms. The third kappa shape index (κ3) is 4.96. The van der Waals surface area contributed by atoms with Crippen LogP contribution in [0.15, 0.2) is 12.1 Å². The molecule has 1 heterocycles. The van der Waals surface area contributed by atoms with Crippen molar-refractivity contribution in [3.05, 3.63) is 21.9 Å². The van der Waals surface area contributed by atoms with Gasteiger partial charge < -0.3 is 10.6 Å². The lowest BCUT2D eigenvalue weighted by Gasteiger charge is -2.16. The predicted octanol–water partition coefficient (Wildman–Crippen LogP) is 3.10. The summed E-state index contributed by atoms with van der Waals surface area (Å²) >= 11 is 1.55. The second-order valence-corrected chi connectivity index (χ2v) is 6.60. The highest BCUT2D eigenvalue weighted by atomic mass is 32.1. The second kappa shape index (κ2) is 7.65. The maximum absolute atomic E-state index is 11.8. The largest absolute Gasteiger partial charge is 0.350 e. The third-order valence-corrected chi connectivity index (χ3v) is 4.66. The SMILES string of the molecule is Cc1ccc(C(=O)NCCNC2CCCCCC2)s1. The maximum atomic E-state index is 11.8. The average Bonchev–Trinajstić information content (AvgIpc) is 2.68. The molecule has 0 aliphatic heterocycles. The molecular weight excluding hydrogens is 256 g/mol. The Bertz CT molecular complexity index is 395. The van der Waals surface area contributed by atoms with Crippen LogP contribution in [0.25, 0.3) is 0 Å². The Balaban J connectivity index is 1.62. The molecule has 106 valence electrons. The highest BCUT2D eigenvalue weighted by molar-refractivity contribution is 7.13. The monoisotopic (exact) mass is 280 g/mol. The average molecular weight is 280 g/mol. The maximum Gasteiger partial charge on any atom is 0.261 e. The number of hydrogen-bond acceptors (Lipinski definition) is 3. The van der Waals surface area contributed by atoms with E-state index < -0.39 is 0 Å². The summed E-state index contributed by atoms with van der Waals surface area (Å²) in [5.41, 5.74) is 0. The molecule has 1 aromatic rings. The number of carbonyl (C=O) groups excluding carboxylic acids is 1. The molecule has 3 nitrogen and oxygen atoms in total. The molecule has 0 spiro atoms. The Hall–Kier alpha value is -0.870. The zero-order chi connectivity index (χ0) is 13.5. The number of aryl methyl sites for hydroxylation is 1. The molecule has 0 radical (unpaired) electrons. The molecular formula is C15H24N2OS. The van der Waals surface area contributed by atoms with Gasteiger partial charge in [-0.2, -0.15) is 0 Å². The smallest absolute Gasteiger partial charge is 0.261 e. The van der Waals surface area contributed by atoms with Gasteiger partial charge >= 0.3 is 0 Å². The van der Waals surface area contributed by atoms with Crippen molar-refractivity contribution in [3.63, 3.8) is 0 Å². The Kier molecular flexibility index (Phi) is 5.86. The summed E-state index contributed by atoms with van der Waals surface area (Å²) in [5, 5.41) is 6.54. The van der Waals surface area contributed by atoms with Crippen LogP contribution in [0.4, 0.5) is 0 Å². The summed E-state index contributed by atoms with van der Waals surface area (Å²) in [6.45, 7) is 3.61. The molecule has 1 aliphatic rings. The summed E-state index contributed by atoms with van der Waals surface area (Å²) in [5.74, 6) is 0.0563. The van der Waals surface area contributed by atoms with Crippen LogP contribution in [0.1, 0.15) is 53.1 Å². The first-order valence-corrected chi connectivity index (χ1v) is 8.15. The first-order chi connectivity index (χ1) is 9.25. The minimum absolute atomic E-state index is 0.0563. The molecule has 19 heavy (non-hydrogen) atoms. The minimum Gasteiger partial charge on any atom is -0.350 e. The highest BCUT2D eigenvalue weighted by Crippen LogP contribution is 2.17. The van der Waals surface area contributed by atoms with Gasteiger partial charge in [-0.15, -0.1) is 11.3 Å². The van der Waals surface area contributed by atoms with Gasteiger partial charge in [-0.1, -0.05) is 25.7 Å². The van der Waals surface area contributed by atoms with Crippen LogP contribution in [0.5, 0.6) is 0 Å². The number of thiophene rings is 1. The molecule has 1 saturated carbocycles. The van der Waals surface area contributed by atoms with Crippen LogP contribution in [-0.2, 0) is 0 Å². The highest BCUT2D eigenvalue weighted by Gasteiger charge is 2.11. The minimum atomic E-state index is 0.0563. The normalized spacial score (nSPS) is 17.1. The fourth-order valence-electron chi connectivity index (χ4n) is 2.58. The quantitative estimate of drug-likeness (QED) is 0.643. The van der Waals surface area contributed by atoms with Gasteiger partial charge in [0.2, 0.25) is 0 Å². The van der Waals surface area contributed by atoms with Gasteiger partial charge in [0.25, 0.3) is 5.91 Å². The molecule has 2 rings (SSSR count). The van der Waals surface area contributed by atoms with Crippen molar-refractivity contribution in [2.75, 3.05) is 13.1 Å². The van der Waals surface area contributed by atoms with E-state index in [1.54, 1.807) is 11.3 Å². The first-order valence-electron chi connectivity index (χ1n) is 7.34. The van der Waals surface area contributed by atoms with Gasteiger partial charge in [0.15, 0.2) is 0 Å². The lowest BCUT2D eigenvalue weighted by molar-refractivity contribution is 0.0957. The predicted molar refractivity (Wildman–Crippen MR) is 80.9 cm³/mol. The molecule has 1 fully saturated rings. The number of rotatable bonds is 5. The second-order valence-electron chi connectivity index (χ2n) is 5.31. The van der Waals surface area contributed by atoms with Gasteiger partial charge in [0.1, 0.15) is 0 Å². The van der Waals surface area contributed by atoms with Gasteiger partial charge in [0.05, 0.1) is 4.88 Å². The van der Waals surface area contributed by atoms with Gasteiger partial charge in [0, 0.05) is 24.0 Å². The first kappa shape index (κ1) is 14.5. The van der Waals surface area contributed by atoms with E-state index >= 15 is 0 Å². The molecule has 4 heteroatoms. The van der Waals surface area contributed by atoms with Gasteiger partial charge in [-0.3, -0.25) is 4.79 Å². The van der Waals surface area contributed by atoms with E-state index in [4.69, 9.17) is 0 Å². The van der Waals surface area contributed by atoms with Gasteiger partial charge in [-0.25, -0.2) is 0 Å². The molecule has 2 N–H and O–H groups in total. The molecule has 1 aliphatic carbocycles. The van der Waals surface area contributed by atoms with Crippen LogP contribution in [0, 0.1) is 6.92 Å². The molecule has 1 aromatic heterocycles. The van der Waals surface area contributed by atoms with E-state index in [0.717, 1.165) is 11.4 Å². The summed E-state index contributed by atoms with van der Waals surface area (Å²) in [4.78, 5) is 13.8. The fraction of sp³-hybridized carbons (Fsp3) is 0.667. The Morgan fingerprint density at radius 2 is 1.95 bits per heavy atom. The molecule has 0 saturated heterocycles. The van der Waals surface area contributed by atoms with E-state index in [9.17, 15) is 4.79 Å². The third-order valence-electron chi connectivity index (χ3n) is 3.66. The Morgan fingerprint density at radius 1 is 1.21 bits per heavy atom. The van der Waals surface area contributed by atoms with E-state index in [2.05, 4.69) is 10.6 Å². The van der Waals surface area contributed by atoms with Crippen LogP contribution in [0.2, 0.25) is 0 Å². The van der Waals surface area contributed by atoms with Crippen molar-refractivity contribution in [2.24, 2.45) is 0 Å². The summed E-state index contributed by atoms with van der Waals surface area (Å²) in [7, 11) is 0. The van der Waals surface area contributed by atoms with Crippen molar-refractivity contribution in [3.8, 4) is 0 Å². The van der Waals surface area contributed by atoms with E-state index in [1.807, 2.05) is 19.1 Å². The zero-order valence-corrected chi connectivity index (χ0v) is 12.5. The van der Waals surface area contributed by atoms with E-state index in [-0.39, 0.29) is 5.91 Å².